The second-order valence-electron chi connectivity index (χ2n) is 11.0. The Morgan fingerprint density at radius 1 is 0.812 bits per heavy atom. The standard InChI is InChI=1S/C35H56O12S/c1-3-5-6-7-8-9-10-11-12-13-14-15-16-17-18-19-20-21-22-23-25-43-27-29(45-31(37)24-4-2)28-44-35-33(39)34(47-48(40,41)42)32(38)30(26-36)46-35/h5-6,8-9,11-12,14-15,17-18,20-21,29-30,32-36,38-39H,3-4,7,10,13,16,19,22-28H2,1-2H3,(H,40,41,42)/b6-5-,9-8-,12-11-,15-14-,18-17-,21-20-. The molecule has 0 amide bonds. The Morgan fingerprint density at radius 2 is 1.35 bits per heavy atom. The fraction of sp³-hybridized carbons (Fsp3) is 0.629. The lowest BCUT2D eigenvalue weighted by atomic mass is 9.99. The van der Waals surface area contributed by atoms with Crippen molar-refractivity contribution in [3.05, 3.63) is 72.9 Å². The van der Waals surface area contributed by atoms with Crippen molar-refractivity contribution in [2.75, 3.05) is 26.4 Å². The molecule has 0 bridgehead atoms. The third-order valence-electron chi connectivity index (χ3n) is 6.81. The van der Waals surface area contributed by atoms with E-state index in [9.17, 15) is 28.5 Å². The summed E-state index contributed by atoms with van der Waals surface area (Å²) in [6.07, 6.45) is 24.4. The third kappa shape index (κ3) is 21.5. The molecule has 13 heteroatoms. The number of ether oxygens (including phenoxy) is 4. The van der Waals surface area contributed by atoms with Gasteiger partial charge in [-0.15, -0.1) is 0 Å². The van der Waals surface area contributed by atoms with Gasteiger partial charge in [-0.3, -0.25) is 9.35 Å². The van der Waals surface area contributed by atoms with Gasteiger partial charge in [-0.25, -0.2) is 4.18 Å². The summed E-state index contributed by atoms with van der Waals surface area (Å²) >= 11 is 0. The van der Waals surface area contributed by atoms with Crippen LogP contribution in [0.1, 0.15) is 78.1 Å². The fourth-order valence-electron chi connectivity index (χ4n) is 4.37. The molecule has 1 fully saturated rings. The SMILES string of the molecule is CC/C=C\C/C=C\C/C=C\C/C=C\C/C=C\C/C=C\CCCOCC(COC1OC(CO)C(O)C(OS(=O)(=O)O)C1O)OC(=O)CCC. The van der Waals surface area contributed by atoms with Gasteiger partial charge in [-0.05, 0) is 57.8 Å². The number of allylic oxidation sites excluding steroid dienone is 12. The van der Waals surface area contributed by atoms with Gasteiger partial charge in [0, 0.05) is 13.0 Å². The van der Waals surface area contributed by atoms with Crippen LogP contribution in [0.15, 0.2) is 72.9 Å². The maximum Gasteiger partial charge on any atom is 0.397 e. The van der Waals surface area contributed by atoms with E-state index in [1.807, 2.05) is 6.92 Å². The summed E-state index contributed by atoms with van der Waals surface area (Å²) in [6.45, 7) is 3.26. The molecule has 1 aliphatic heterocycles. The number of hydrogen-bond acceptors (Lipinski definition) is 11. The molecule has 0 aromatic carbocycles. The van der Waals surface area contributed by atoms with Crippen LogP contribution >= 0.6 is 0 Å². The molecule has 1 saturated heterocycles. The van der Waals surface area contributed by atoms with E-state index in [2.05, 4.69) is 84.0 Å². The highest BCUT2D eigenvalue weighted by Crippen LogP contribution is 2.25. The minimum Gasteiger partial charge on any atom is -0.457 e. The van der Waals surface area contributed by atoms with Crippen LogP contribution in [0.3, 0.4) is 0 Å². The predicted molar refractivity (Wildman–Crippen MR) is 183 cm³/mol. The van der Waals surface area contributed by atoms with E-state index in [0.29, 0.717) is 13.0 Å². The van der Waals surface area contributed by atoms with Crippen molar-refractivity contribution >= 4 is 16.4 Å². The molecule has 48 heavy (non-hydrogen) atoms. The molecule has 0 aromatic rings. The van der Waals surface area contributed by atoms with Gasteiger partial charge in [0.2, 0.25) is 0 Å². The summed E-state index contributed by atoms with van der Waals surface area (Å²) in [4.78, 5) is 12.1. The molecular formula is C35H56O12S. The Balaban J connectivity index is 2.36. The third-order valence-corrected chi connectivity index (χ3v) is 7.28. The lowest BCUT2D eigenvalue weighted by Crippen LogP contribution is -2.60. The number of aliphatic hydroxyl groups excluding tert-OH is 3. The normalized spacial score (nSPS) is 23.2. The molecule has 274 valence electrons. The zero-order valence-electron chi connectivity index (χ0n) is 28.3. The Bertz CT molecular complexity index is 1130. The number of carbonyl (C=O) groups excluding carboxylic acids is 1. The van der Waals surface area contributed by atoms with E-state index in [1.54, 1.807) is 0 Å². The zero-order chi connectivity index (χ0) is 35.5. The smallest absolute Gasteiger partial charge is 0.397 e. The molecule has 0 radical (unpaired) electrons. The number of rotatable bonds is 26. The number of unbranched alkanes of at least 4 members (excludes halogenated alkanes) is 1. The summed E-state index contributed by atoms with van der Waals surface area (Å²) in [5.74, 6) is -0.478. The van der Waals surface area contributed by atoms with Gasteiger partial charge in [0.1, 0.15) is 30.5 Å². The zero-order valence-corrected chi connectivity index (χ0v) is 29.1. The average molecular weight is 701 g/mol. The van der Waals surface area contributed by atoms with Crippen LogP contribution in [0, 0.1) is 0 Å². The highest BCUT2D eigenvalue weighted by atomic mass is 32.3. The lowest BCUT2D eigenvalue weighted by molar-refractivity contribution is -0.301. The van der Waals surface area contributed by atoms with Crippen LogP contribution < -0.4 is 0 Å². The highest BCUT2D eigenvalue weighted by Gasteiger charge is 2.48. The molecular weight excluding hydrogens is 644 g/mol. The van der Waals surface area contributed by atoms with Crippen molar-refractivity contribution in [3.63, 3.8) is 0 Å². The van der Waals surface area contributed by atoms with E-state index in [-0.39, 0.29) is 19.6 Å². The monoisotopic (exact) mass is 700 g/mol. The van der Waals surface area contributed by atoms with Crippen molar-refractivity contribution in [3.8, 4) is 0 Å². The molecule has 0 spiro atoms. The number of aliphatic hydroxyl groups is 3. The molecule has 1 rings (SSSR count). The topological polar surface area (TPSA) is 178 Å². The maximum atomic E-state index is 12.1. The highest BCUT2D eigenvalue weighted by molar-refractivity contribution is 7.80. The number of hydrogen-bond donors (Lipinski definition) is 4. The molecule has 1 aliphatic rings. The fourth-order valence-corrected chi connectivity index (χ4v) is 4.88. The first-order valence-corrected chi connectivity index (χ1v) is 18.1. The summed E-state index contributed by atoms with van der Waals surface area (Å²) in [6, 6.07) is 0. The molecule has 12 nitrogen and oxygen atoms in total. The molecule has 0 aliphatic carbocycles. The molecule has 1 heterocycles. The number of esters is 1. The van der Waals surface area contributed by atoms with Crippen LogP contribution in [-0.2, 0) is 38.3 Å². The number of carbonyl (C=O) groups is 1. The van der Waals surface area contributed by atoms with Gasteiger partial charge < -0.3 is 34.3 Å². The lowest BCUT2D eigenvalue weighted by Gasteiger charge is -2.41. The van der Waals surface area contributed by atoms with Crippen LogP contribution in [0.25, 0.3) is 0 Å². The Kier molecular flexibility index (Phi) is 24.8. The van der Waals surface area contributed by atoms with Crippen LogP contribution in [0.5, 0.6) is 0 Å². The molecule has 6 atom stereocenters. The summed E-state index contributed by atoms with van der Waals surface area (Å²) < 4.78 is 57.7. The van der Waals surface area contributed by atoms with Crippen LogP contribution in [-0.4, -0.2) is 97.5 Å². The first-order valence-electron chi connectivity index (χ1n) is 16.7. The summed E-state index contributed by atoms with van der Waals surface area (Å²) in [5.41, 5.74) is 0. The van der Waals surface area contributed by atoms with Crippen molar-refractivity contribution in [1.82, 2.24) is 0 Å². The summed E-state index contributed by atoms with van der Waals surface area (Å²) in [5, 5.41) is 30.1. The molecule has 0 saturated carbocycles. The largest absolute Gasteiger partial charge is 0.457 e. The first-order chi connectivity index (χ1) is 23.1. The van der Waals surface area contributed by atoms with Crippen molar-refractivity contribution in [1.29, 1.82) is 0 Å². The molecule has 4 N–H and O–H groups in total. The average Bonchev–Trinajstić information content (AvgIpc) is 3.04. The van der Waals surface area contributed by atoms with Gasteiger partial charge in [0.25, 0.3) is 0 Å². The van der Waals surface area contributed by atoms with E-state index in [4.69, 9.17) is 23.5 Å². The first kappa shape index (κ1) is 43.6. The molecule has 0 aromatic heterocycles. The van der Waals surface area contributed by atoms with Gasteiger partial charge in [0.05, 0.1) is 19.8 Å². The Labute approximate surface area is 286 Å². The van der Waals surface area contributed by atoms with Gasteiger partial charge >= 0.3 is 16.4 Å². The van der Waals surface area contributed by atoms with Crippen LogP contribution in [0.4, 0.5) is 0 Å². The minimum absolute atomic E-state index is 0.0149. The predicted octanol–water partition coefficient (Wildman–Crippen LogP) is 4.84. The quantitative estimate of drug-likeness (QED) is 0.0419. The van der Waals surface area contributed by atoms with E-state index in [1.165, 1.54) is 0 Å². The second kappa shape index (κ2) is 27.4. The molecule has 6 unspecified atom stereocenters. The van der Waals surface area contributed by atoms with Gasteiger partial charge in [-0.2, -0.15) is 8.42 Å². The van der Waals surface area contributed by atoms with Crippen LogP contribution in [0.2, 0.25) is 0 Å². The van der Waals surface area contributed by atoms with E-state index < -0.39 is 59.8 Å². The summed E-state index contributed by atoms with van der Waals surface area (Å²) in [7, 11) is -5.05. The van der Waals surface area contributed by atoms with Crippen molar-refractivity contribution < 1.29 is 56.2 Å². The maximum absolute atomic E-state index is 12.1. The minimum atomic E-state index is -5.05. The Morgan fingerprint density at radius 3 is 1.85 bits per heavy atom. The van der Waals surface area contributed by atoms with Gasteiger partial charge in [-0.1, -0.05) is 86.8 Å². The van der Waals surface area contributed by atoms with Crippen molar-refractivity contribution in [2.24, 2.45) is 0 Å². The second-order valence-corrected chi connectivity index (χ2v) is 12.1. The van der Waals surface area contributed by atoms with E-state index >= 15 is 0 Å². The Hall–Kier alpha value is -2.46. The van der Waals surface area contributed by atoms with Crippen molar-refractivity contribution in [2.45, 2.75) is 115 Å². The van der Waals surface area contributed by atoms with Gasteiger partial charge in [0.15, 0.2) is 6.29 Å². The van der Waals surface area contributed by atoms with E-state index in [0.717, 1.165) is 51.4 Å².